The van der Waals surface area contributed by atoms with Gasteiger partial charge in [0.2, 0.25) is 0 Å². The molecule has 1 aromatic heterocycles. The summed E-state index contributed by atoms with van der Waals surface area (Å²) >= 11 is 0. The molecule has 26 heavy (non-hydrogen) atoms. The van der Waals surface area contributed by atoms with Gasteiger partial charge in [-0.15, -0.1) is 0 Å². The summed E-state index contributed by atoms with van der Waals surface area (Å²) in [6.45, 7) is 1.95. The topological polar surface area (TPSA) is 63.2 Å². The van der Waals surface area contributed by atoms with E-state index in [0.29, 0.717) is 29.6 Å². The molecule has 2 aromatic rings. The average Bonchev–Trinajstić information content (AvgIpc) is 3.41. The predicted molar refractivity (Wildman–Crippen MR) is 90.1 cm³/mol. The fourth-order valence-corrected chi connectivity index (χ4v) is 2.31. The van der Waals surface area contributed by atoms with Gasteiger partial charge in [0.1, 0.15) is 13.7 Å². The zero-order valence-electron chi connectivity index (χ0n) is 13.9. The molecule has 1 aromatic carbocycles. The number of hydroxylamine groups is 1. The highest BCUT2D eigenvalue weighted by molar-refractivity contribution is 6.32. The third kappa shape index (κ3) is 3.99. The number of nitrogens with one attached hydrogen (secondary N) is 2. The summed E-state index contributed by atoms with van der Waals surface area (Å²) in [4.78, 5) is 21.2. The van der Waals surface area contributed by atoms with E-state index in [9.17, 15) is 18.0 Å². The van der Waals surface area contributed by atoms with Crippen LogP contribution in [0.2, 0.25) is 0 Å². The monoisotopic (exact) mass is 361 g/mol. The number of benzene rings is 1. The van der Waals surface area contributed by atoms with Crippen LogP contribution in [0.15, 0.2) is 18.3 Å². The summed E-state index contributed by atoms with van der Waals surface area (Å²) in [7, 11) is 5.60. The molecular weight excluding hydrogens is 346 g/mol. The smallest absolute Gasteiger partial charge is 0.277 e. The number of rotatable bonds is 6. The van der Waals surface area contributed by atoms with Crippen LogP contribution < -0.4 is 16.3 Å². The Labute approximate surface area is 149 Å². The Balaban J connectivity index is 1.90. The number of aromatic nitrogens is 1. The van der Waals surface area contributed by atoms with Crippen molar-refractivity contribution in [1.29, 1.82) is 0 Å². The molecule has 1 amide bonds. The van der Waals surface area contributed by atoms with E-state index in [1.165, 1.54) is 6.20 Å². The highest BCUT2D eigenvalue weighted by atomic mass is 19.2. The molecule has 3 rings (SSSR count). The lowest BCUT2D eigenvalue weighted by Crippen LogP contribution is -2.26. The highest BCUT2D eigenvalue weighted by Crippen LogP contribution is 2.30. The molecule has 0 bridgehead atoms. The minimum atomic E-state index is -1.70. The van der Waals surface area contributed by atoms with Crippen LogP contribution in [0, 0.1) is 30.3 Å². The minimum absolute atomic E-state index is 0.150. The Bertz CT molecular complexity index is 860. The number of aryl methyl sites for hydroxylation is 1. The van der Waals surface area contributed by atoms with Crippen LogP contribution in [-0.2, 0) is 4.84 Å². The second kappa shape index (κ2) is 7.37. The van der Waals surface area contributed by atoms with Crippen LogP contribution in [0.1, 0.15) is 28.8 Å². The van der Waals surface area contributed by atoms with E-state index in [-0.39, 0.29) is 5.82 Å². The third-order valence-electron chi connectivity index (χ3n) is 3.93. The van der Waals surface area contributed by atoms with E-state index < -0.39 is 34.6 Å². The molecule has 0 saturated heterocycles. The molecule has 2 N–H and O–H groups in total. The maximum atomic E-state index is 14.3. The first-order valence-electron chi connectivity index (χ1n) is 7.95. The van der Waals surface area contributed by atoms with Crippen molar-refractivity contribution in [2.45, 2.75) is 19.8 Å². The number of hydrogen-bond acceptors (Lipinski definition) is 4. The lowest BCUT2D eigenvalue weighted by atomic mass is 9.97. The van der Waals surface area contributed by atoms with Crippen molar-refractivity contribution in [3.8, 4) is 0 Å². The first-order chi connectivity index (χ1) is 12.4. The summed E-state index contributed by atoms with van der Waals surface area (Å²) in [6.07, 6.45) is 3.32. The lowest BCUT2D eigenvalue weighted by Gasteiger charge is -2.15. The Morgan fingerprint density at radius 2 is 2.04 bits per heavy atom. The first kappa shape index (κ1) is 18.3. The fourth-order valence-electron chi connectivity index (χ4n) is 2.31. The quantitative estimate of drug-likeness (QED) is 0.471. The number of pyridine rings is 1. The van der Waals surface area contributed by atoms with Gasteiger partial charge in [0.25, 0.3) is 5.91 Å². The second-order valence-corrected chi connectivity index (χ2v) is 6.15. The standard InChI is InChI=1S/C17H15BF3N3O2/c1-8-4-10(18)6-22-16(8)23-15-11(5-12(19)13(20)14(15)21)17(25)24-26-7-9-2-3-9/h4-6,9H,2-3,7H2,1H3,(H,22,23)(H,24,25). The normalized spacial score (nSPS) is 13.5. The van der Waals surface area contributed by atoms with Gasteiger partial charge in [0.15, 0.2) is 17.5 Å². The van der Waals surface area contributed by atoms with Crippen molar-refractivity contribution in [3.63, 3.8) is 0 Å². The molecule has 9 heteroatoms. The van der Waals surface area contributed by atoms with Crippen molar-refractivity contribution in [2.24, 2.45) is 5.92 Å². The molecule has 5 nitrogen and oxygen atoms in total. The van der Waals surface area contributed by atoms with Crippen LogP contribution in [0.4, 0.5) is 24.7 Å². The largest absolute Gasteiger partial charge is 0.337 e. The Morgan fingerprint density at radius 1 is 1.31 bits per heavy atom. The van der Waals surface area contributed by atoms with Gasteiger partial charge in [-0.1, -0.05) is 11.5 Å². The summed E-state index contributed by atoms with van der Waals surface area (Å²) in [5, 5.41) is 2.53. The molecule has 134 valence electrons. The second-order valence-electron chi connectivity index (χ2n) is 6.15. The summed E-state index contributed by atoms with van der Waals surface area (Å²) < 4.78 is 41.6. The highest BCUT2D eigenvalue weighted by Gasteiger charge is 2.25. The van der Waals surface area contributed by atoms with E-state index in [0.717, 1.165) is 12.8 Å². The number of hydrogen-bond donors (Lipinski definition) is 2. The molecule has 1 aliphatic rings. The number of halogens is 3. The van der Waals surface area contributed by atoms with E-state index >= 15 is 0 Å². The van der Waals surface area contributed by atoms with Crippen molar-refractivity contribution in [1.82, 2.24) is 10.5 Å². The molecule has 1 aliphatic carbocycles. The third-order valence-corrected chi connectivity index (χ3v) is 3.93. The molecule has 1 heterocycles. The zero-order chi connectivity index (χ0) is 18.8. The van der Waals surface area contributed by atoms with Gasteiger partial charge in [-0.05, 0) is 37.3 Å². The van der Waals surface area contributed by atoms with Gasteiger partial charge >= 0.3 is 0 Å². The van der Waals surface area contributed by atoms with Crippen LogP contribution in [0.25, 0.3) is 0 Å². The summed E-state index contributed by atoms with van der Waals surface area (Å²) in [5.74, 6) is -5.10. The average molecular weight is 361 g/mol. The maximum Gasteiger partial charge on any atom is 0.277 e. The lowest BCUT2D eigenvalue weighted by molar-refractivity contribution is 0.0270. The molecular formula is C17H15BF3N3O2. The van der Waals surface area contributed by atoms with Crippen molar-refractivity contribution < 1.29 is 22.8 Å². The van der Waals surface area contributed by atoms with Crippen LogP contribution in [-0.4, -0.2) is 25.3 Å². The van der Waals surface area contributed by atoms with Gasteiger partial charge in [-0.25, -0.2) is 23.6 Å². The van der Waals surface area contributed by atoms with E-state index in [4.69, 9.17) is 12.7 Å². The Morgan fingerprint density at radius 3 is 2.69 bits per heavy atom. The summed E-state index contributed by atoms with van der Waals surface area (Å²) in [6, 6.07) is 2.16. The molecule has 1 fully saturated rings. The van der Waals surface area contributed by atoms with Crippen molar-refractivity contribution in [2.75, 3.05) is 11.9 Å². The maximum absolute atomic E-state index is 14.3. The van der Waals surface area contributed by atoms with E-state index in [1.54, 1.807) is 13.0 Å². The SMILES string of the molecule is [B]c1cnc(Nc2c(C(=O)NOCC3CC3)cc(F)c(F)c2F)c(C)c1. The van der Waals surface area contributed by atoms with Crippen LogP contribution >= 0.6 is 0 Å². The molecule has 1 saturated carbocycles. The van der Waals surface area contributed by atoms with Crippen molar-refractivity contribution >= 4 is 30.7 Å². The van der Waals surface area contributed by atoms with Crippen molar-refractivity contribution in [3.05, 3.63) is 46.9 Å². The van der Waals surface area contributed by atoms with Gasteiger partial charge in [-0.2, -0.15) is 0 Å². The van der Waals surface area contributed by atoms with Gasteiger partial charge in [0, 0.05) is 6.20 Å². The molecule has 2 radical (unpaired) electrons. The van der Waals surface area contributed by atoms with E-state index in [2.05, 4.69) is 15.8 Å². The Kier molecular flexibility index (Phi) is 5.17. The number of anilines is 2. The fraction of sp³-hybridized carbons (Fsp3) is 0.294. The molecule has 0 atom stereocenters. The number of carbonyl (C=O) groups is 1. The van der Waals surface area contributed by atoms with Crippen LogP contribution in [0.3, 0.4) is 0 Å². The minimum Gasteiger partial charge on any atom is -0.337 e. The predicted octanol–water partition coefficient (Wildman–Crippen LogP) is 2.42. The van der Waals surface area contributed by atoms with Crippen LogP contribution in [0.5, 0.6) is 0 Å². The number of nitrogens with zero attached hydrogens (tertiary/aromatic N) is 1. The Hall–Kier alpha value is -2.55. The summed E-state index contributed by atoms with van der Waals surface area (Å²) in [5.41, 5.74) is 2.04. The number of amides is 1. The van der Waals surface area contributed by atoms with Gasteiger partial charge in [-0.3, -0.25) is 9.63 Å². The zero-order valence-corrected chi connectivity index (χ0v) is 13.9. The molecule has 0 spiro atoms. The van der Waals surface area contributed by atoms with Gasteiger partial charge in [0.05, 0.1) is 17.9 Å². The van der Waals surface area contributed by atoms with E-state index in [1.807, 2.05) is 0 Å². The first-order valence-corrected chi connectivity index (χ1v) is 7.95. The van der Waals surface area contributed by atoms with Gasteiger partial charge < -0.3 is 5.32 Å². The number of carbonyl (C=O) groups excluding carboxylic acids is 1. The molecule has 0 aliphatic heterocycles. The molecule has 0 unspecified atom stereocenters.